The van der Waals surface area contributed by atoms with Gasteiger partial charge < -0.3 is 9.30 Å². The third-order valence-corrected chi connectivity index (χ3v) is 8.58. The Morgan fingerprint density at radius 3 is 2.40 bits per heavy atom. The predicted octanol–water partition coefficient (Wildman–Crippen LogP) is 5.46. The highest BCUT2D eigenvalue weighted by molar-refractivity contribution is 7.98. The van der Waals surface area contributed by atoms with Crippen LogP contribution in [-0.4, -0.2) is 27.5 Å². The monoisotopic (exact) mass is 575 g/mol. The van der Waals surface area contributed by atoms with Gasteiger partial charge in [-0.05, 0) is 101 Å². The zero-order valence-corrected chi connectivity index (χ0v) is 24.8. The molecule has 3 heterocycles. The van der Waals surface area contributed by atoms with Gasteiger partial charge in [0.05, 0.1) is 27.9 Å². The molecule has 0 fully saturated rings. The minimum Gasteiger partial charge on any atom is -0.459 e. The van der Waals surface area contributed by atoms with Crippen molar-refractivity contribution < 1.29 is 13.9 Å². The van der Waals surface area contributed by atoms with Crippen molar-refractivity contribution in [3.05, 3.63) is 114 Å². The van der Waals surface area contributed by atoms with Gasteiger partial charge in [0.2, 0.25) is 0 Å². The van der Waals surface area contributed by atoms with Crippen molar-refractivity contribution in [1.29, 1.82) is 0 Å². The number of nitrogens with zero attached hydrogens (tertiary/aromatic N) is 3. The molecule has 0 amide bonds. The van der Waals surface area contributed by atoms with Crippen molar-refractivity contribution in [2.75, 3.05) is 6.26 Å². The fraction of sp³-hybridized carbons (Fsp3) is 0.258. The first kappa shape index (κ1) is 27.9. The average molecular weight is 576 g/mol. The number of fused-ring (bicyclic) bond motifs is 1. The number of esters is 1. The van der Waals surface area contributed by atoms with E-state index in [-0.39, 0.29) is 17.5 Å². The zero-order valence-electron chi connectivity index (χ0n) is 23.2. The molecule has 206 valence electrons. The lowest BCUT2D eigenvalue weighted by Crippen LogP contribution is -2.40. The molecule has 2 aromatic carbocycles. The molecule has 1 aliphatic rings. The van der Waals surface area contributed by atoms with E-state index in [9.17, 15) is 14.0 Å². The maximum absolute atomic E-state index is 14.0. The first-order chi connectivity index (χ1) is 19.1. The Balaban J connectivity index is 1.67. The van der Waals surface area contributed by atoms with E-state index < -0.39 is 12.0 Å². The lowest BCUT2D eigenvalue weighted by molar-refractivity contribution is -0.143. The molecular weight excluding hydrogens is 545 g/mol. The second-order valence-corrected chi connectivity index (χ2v) is 11.8. The zero-order chi connectivity index (χ0) is 28.7. The van der Waals surface area contributed by atoms with Gasteiger partial charge in [0.1, 0.15) is 5.82 Å². The molecule has 9 heteroatoms. The summed E-state index contributed by atoms with van der Waals surface area (Å²) in [6.45, 7) is 9.33. The number of benzene rings is 2. The summed E-state index contributed by atoms with van der Waals surface area (Å²) in [5.41, 5.74) is 5.09. The molecule has 0 aliphatic carbocycles. The van der Waals surface area contributed by atoms with Crippen LogP contribution in [0.5, 0.6) is 0 Å². The highest BCUT2D eigenvalue weighted by Gasteiger charge is 2.33. The molecule has 5 rings (SSSR count). The highest BCUT2D eigenvalue weighted by atomic mass is 32.2. The number of allylic oxidation sites excluding steroid dienone is 1. The largest absolute Gasteiger partial charge is 0.459 e. The highest BCUT2D eigenvalue weighted by Crippen LogP contribution is 2.32. The Morgan fingerprint density at radius 2 is 1.77 bits per heavy atom. The minimum atomic E-state index is -0.660. The Bertz CT molecular complexity index is 1810. The van der Waals surface area contributed by atoms with Crippen molar-refractivity contribution in [3.63, 3.8) is 0 Å². The van der Waals surface area contributed by atoms with E-state index in [0.717, 1.165) is 33.1 Å². The first-order valence-electron chi connectivity index (χ1n) is 12.9. The summed E-state index contributed by atoms with van der Waals surface area (Å²) < 4.78 is 23.3. The summed E-state index contributed by atoms with van der Waals surface area (Å²) in [6.07, 6.45) is 3.56. The van der Waals surface area contributed by atoms with Gasteiger partial charge in [-0.2, -0.15) is 0 Å². The summed E-state index contributed by atoms with van der Waals surface area (Å²) >= 11 is 2.92. The van der Waals surface area contributed by atoms with E-state index in [1.807, 2.05) is 61.1 Å². The second kappa shape index (κ2) is 11.1. The number of ether oxygens (including phenoxy) is 1. The summed E-state index contributed by atoms with van der Waals surface area (Å²) in [4.78, 5) is 33.6. The van der Waals surface area contributed by atoms with Gasteiger partial charge in [0.15, 0.2) is 4.80 Å². The van der Waals surface area contributed by atoms with Crippen LogP contribution in [0.1, 0.15) is 49.3 Å². The average Bonchev–Trinajstić information content (AvgIpc) is 3.37. The lowest BCUT2D eigenvalue weighted by Gasteiger charge is -2.25. The Morgan fingerprint density at radius 1 is 1.10 bits per heavy atom. The Labute approximate surface area is 240 Å². The van der Waals surface area contributed by atoms with Crippen molar-refractivity contribution in [1.82, 2.24) is 9.13 Å². The van der Waals surface area contributed by atoms with Gasteiger partial charge in [-0.3, -0.25) is 9.36 Å². The lowest BCUT2D eigenvalue weighted by atomic mass is 9.96. The van der Waals surface area contributed by atoms with E-state index in [2.05, 4.69) is 4.99 Å². The van der Waals surface area contributed by atoms with Gasteiger partial charge >= 0.3 is 5.97 Å². The number of carbonyl (C=O) groups excluding carboxylic acids is 1. The third-order valence-electron chi connectivity index (χ3n) is 6.86. The predicted molar refractivity (Wildman–Crippen MR) is 158 cm³/mol. The van der Waals surface area contributed by atoms with Crippen LogP contribution in [0.25, 0.3) is 11.8 Å². The van der Waals surface area contributed by atoms with Crippen LogP contribution in [0.15, 0.2) is 80.5 Å². The number of aromatic nitrogens is 2. The second-order valence-electron chi connectivity index (χ2n) is 9.95. The normalized spacial score (nSPS) is 15.4. The van der Waals surface area contributed by atoms with Crippen molar-refractivity contribution in [2.45, 2.75) is 51.7 Å². The van der Waals surface area contributed by atoms with Crippen LogP contribution < -0.4 is 14.9 Å². The third kappa shape index (κ3) is 5.11. The molecule has 0 unspecified atom stereocenters. The van der Waals surface area contributed by atoms with E-state index in [4.69, 9.17) is 4.74 Å². The van der Waals surface area contributed by atoms with Crippen molar-refractivity contribution >= 4 is 35.1 Å². The van der Waals surface area contributed by atoms with Crippen LogP contribution in [0, 0.1) is 19.7 Å². The number of carbonyl (C=O) groups is 1. The van der Waals surface area contributed by atoms with Gasteiger partial charge in [0.25, 0.3) is 5.56 Å². The molecule has 1 aliphatic heterocycles. The molecule has 6 nitrogen and oxygen atoms in total. The van der Waals surface area contributed by atoms with Crippen LogP contribution in [0.2, 0.25) is 0 Å². The van der Waals surface area contributed by atoms with Crippen LogP contribution in [0.4, 0.5) is 4.39 Å². The maximum atomic E-state index is 14.0. The Hall–Kier alpha value is -3.69. The Kier molecular flexibility index (Phi) is 7.70. The van der Waals surface area contributed by atoms with Crippen LogP contribution >= 0.6 is 23.1 Å². The summed E-state index contributed by atoms with van der Waals surface area (Å²) in [5.74, 6) is -0.774. The van der Waals surface area contributed by atoms with E-state index in [1.165, 1.54) is 23.5 Å². The first-order valence-corrected chi connectivity index (χ1v) is 15.0. The molecule has 4 aromatic rings. The quantitative estimate of drug-likeness (QED) is 0.226. The molecule has 0 bridgehead atoms. The van der Waals surface area contributed by atoms with E-state index in [0.29, 0.717) is 20.6 Å². The number of rotatable bonds is 6. The fourth-order valence-electron chi connectivity index (χ4n) is 5.02. The minimum absolute atomic E-state index is 0.225. The number of aryl methyl sites for hydroxylation is 1. The van der Waals surface area contributed by atoms with E-state index >= 15 is 0 Å². The topological polar surface area (TPSA) is 65.6 Å². The van der Waals surface area contributed by atoms with Crippen molar-refractivity contribution in [2.24, 2.45) is 4.99 Å². The molecule has 0 spiro atoms. The molecule has 2 aromatic heterocycles. The number of hydrogen-bond donors (Lipinski definition) is 0. The smallest absolute Gasteiger partial charge is 0.338 e. The summed E-state index contributed by atoms with van der Waals surface area (Å²) in [6, 6.07) is 15.5. The molecule has 40 heavy (non-hydrogen) atoms. The molecular formula is C31H30FN3O3S2. The molecule has 1 atom stereocenters. The number of thioether (sulfide) groups is 1. The van der Waals surface area contributed by atoms with Gasteiger partial charge in [0, 0.05) is 22.0 Å². The molecule has 0 N–H and O–H groups in total. The van der Waals surface area contributed by atoms with Crippen LogP contribution in [-0.2, 0) is 9.53 Å². The molecule has 0 saturated heterocycles. The van der Waals surface area contributed by atoms with E-state index in [1.54, 1.807) is 49.2 Å². The maximum Gasteiger partial charge on any atom is 0.338 e. The fourth-order valence-corrected chi connectivity index (χ4v) is 6.47. The van der Waals surface area contributed by atoms with Gasteiger partial charge in [-0.25, -0.2) is 14.2 Å². The van der Waals surface area contributed by atoms with Crippen LogP contribution in [0.3, 0.4) is 0 Å². The molecule has 0 saturated carbocycles. The standard InChI is InChI=1S/C31H30FN3O3S2/c1-17(2)38-30(37)27-19(4)33-31-35(28(27)21-7-13-25(39-6)14-8-21)29(36)26(40-31)16-22-15-18(3)34(20(22)5)24-11-9-23(32)10-12-24/h7-17,28H,1-6H3/b26-16-/t28-/m0/s1. The van der Waals surface area contributed by atoms with Gasteiger partial charge in [-0.1, -0.05) is 23.5 Å². The molecule has 0 radical (unpaired) electrons. The number of thiazole rings is 1. The number of hydrogen-bond acceptors (Lipinski definition) is 6. The summed E-state index contributed by atoms with van der Waals surface area (Å²) in [5, 5.41) is 0. The summed E-state index contributed by atoms with van der Waals surface area (Å²) in [7, 11) is 0. The number of halogens is 1. The van der Waals surface area contributed by atoms with Crippen molar-refractivity contribution in [3.8, 4) is 5.69 Å². The van der Waals surface area contributed by atoms with Gasteiger partial charge in [-0.15, -0.1) is 11.8 Å². The SMILES string of the molecule is CSc1ccc([C@H]2C(C(=O)OC(C)C)=C(C)N=c3s/c(=C\c4cc(C)n(-c5ccc(F)cc5)c4C)c(=O)n32)cc1.